The van der Waals surface area contributed by atoms with Gasteiger partial charge in [0.2, 0.25) is 5.91 Å². The fraction of sp³-hybridized carbons (Fsp3) is 0.500. The highest BCUT2D eigenvalue weighted by molar-refractivity contribution is 7.91. The molecule has 8 heteroatoms. The summed E-state index contributed by atoms with van der Waals surface area (Å²) >= 11 is 11.7. The van der Waals surface area contributed by atoms with Crippen molar-refractivity contribution in [2.24, 2.45) is 0 Å². The van der Waals surface area contributed by atoms with Crippen molar-refractivity contribution in [3.8, 4) is 0 Å². The smallest absolute Gasteiger partial charge is 0.225 e. The van der Waals surface area contributed by atoms with E-state index in [1.165, 1.54) is 0 Å². The molecule has 1 aliphatic heterocycles. The fourth-order valence-electron chi connectivity index (χ4n) is 2.43. The molecular weight excluding hydrogens is 347 g/mol. The zero-order chi connectivity index (χ0) is 16.3. The van der Waals surface area contributed by atoms with E-state index in [1.807, 2.05) is 11.9 Å². The lowest BCUT2D eigenvalue weighted by molar-refractivity contribution is -0.116. The second-order valence-corrected chi connectivity index (χ2v) is 8.60. The number of amides is 1. The third kappa shape index (κ3) is 5.12. The largest absolute Gasteiger partial charge is 0.326 e. The van der Waals surface area contributed by atoms with Gasteiger partial charge in [-0.05, 0) is 31.7 Å². The van der Waals surface area contributed by atoms with Crippen LogP contribution in [0.2, 0.25) is 10.0 Å². The van der Waals surface area contributed by atoms with E-state index in [0.717, 1.165) is 0 Å². The zero-order valence-electron chi connectivity index (χ0n) is 12.2. The maximum absolute atomic E-state index is 11.9. The van der Waals surface area contributed by atoms with Crippen LogP contribution in [0, 0.1) is 0 Å². The lowest BCUT2D eigenvalue weighted by Crippen LogP contribution is -2.35. The third-order valence-electron chi connectivity index (χ3n) is 3.67. The molecule has 5 nitrogen and oxygen atoms in total. The fourth-order valence-corrected chi connectivity index (χ4v) is 4.76. The highest BCUT2D eigenvalue weighted by atomic mass is 35.5. The van der Waals surface area contributed by atoms with Crippen molar-refractivity contribution in [1.29, 1.82) is 0 Å². The minimum atomic E-state index is -2.91. The molecule has 1 unspecified atom stereocenters. The first-order valence-corrected chi connectivity index (χ1v) is 9.49. The second-order valence-electron chi connectivity index (χ2n) is 5.49. The number of halogens is 2. The van der Waals surface area contributed by atoms with E-state index in [0.29, 0.717) is 28.7 Å². The maximum Gasteiger partial charge on any atom is 0.225 e. The number of hydrogen-bond acceptors (Lipinski definition) is 4. The van der Waals surface area contributed by atoms with Gasteiger partial charge in [0, 0.05) is 34.7 Å². The highest BCUT2D eigenvalue weighted by Gasteiger charge is 2.30. The lowest BCUT2D eigenvalue weighted by Gasteiger charge is -2.22. The van der Waals surface area contributed by atoms with Crippen LogP contribution < -0.4 is 5.32 Å². The number of nitrogens with zero attached hydrogens (tertiary/aromatic N) is 1. The monoisotopic (exact) mass is 364 g/mol. The number of sulfone groups is 1. The molecule has 0 aliphatic carbocycles. The standard InChI is InChI=1S/C14H18Cl2N2O3S/c1-18(13-3-5-22(20,21)9-13)4-2-14(19)17-12-7-10(15)6-11(16)8-12/h6-8,13H,2-5,9H2,1H3,(H,17,19). The summed E-state index contributed by atoms with van der Waals surface area (Å²) in [6.07, 6.45) is 0.904. The number of hydrogen-bond donors (Lipinski definition) is 1. The molecule has 0 spiro atoms. The first kappa shape index (κ1) is 17.5. The summed E-state index contributed by atoms with van der Waals surface area (Å²) in [5.74, 6) is 0.246. The highest BCUT2D eigenvalue weighted by Crippen LogP contribution is 2.22. The SMILES string of the molecule is CN(CCC(=O)Nc1cc(Cl)cc(Cl)c1)C1CCS(=O)(=O)C1. The van der Waals surface area contributed by atoms with Gasteiger partial charge in [-0.2, -0.15) is 0 Å². The van der Waals surface area contributed by atoms with Crippen molar-refractivity contribution in [2.75, 3.05) is 30.4 Å². The van der Waals surface area contributed by atoms with Crippen molar-refractivity contribution in [3.63, 3.8) is 0 Å². The van der Waals surface area contributed by atoms with Crippen LogP contribution in [0.5, 0.6) is 0 Å². The van der Waals surface area contributed by atoms with E-state index in [2.05, 4.69) is 5.32 Å². The van der Waals surface area contributed by atoms with Gasteiger partial charge in [0.25, 0.3) is 0 Å². The average molecular weight is 365 g/mol. The number of anilines is 1. The predicted molar refractivity (Wildman–Crippen MR) is 89.4 cm³/mol. The van der Waals surface area contributed by atoms with E-state index in [9.17, 15) is 13.2 Å². The Balaban J connectivity index is 1.82. The molecule has 1 saturated heterocycles. The molecule has 0 saturated carbocycles. The molecule has 1 aromatic carbocycles. The second kappa shape index (κ2) is 7.17. The van der Waals surface area contributed by atoms with Gasteiger partial charge in [-0.25, -0.2) is 8.42 Å². The minimum Gasteiger partial charge on any atom is -0.326 e. The Morgan fingerprint density at radius 1 is 1.32 bits per heavy atom. The molecule has 0 bridgehead atoms. The van der Waals surface area contributed by atoms with E-state index in [-0.39, 0.29) is 29.9 Å². The molecule has 1 atom stereocenters. The van der Waals surface area contributed by atoms with Gasteiger partial charge in [-0.1, -0.05) is 23.2 Å². The van der Waals surface area contributed by atoms with Crippen LogP contribution >= 0.6 is 23.2 Å². The first-order chi connectivity index (χ1) is 10.2. The molecule has 1 N–H and O–H groups in total. The molecule has 22 heavy (non-hydrogen) atoms. The molecule has 1 amide bonds. The number of nitrogens with one attached hydrogen (secondary N) is 1. The van der Waals surface area contributed by atoms with Gasteiger partial charge < -0.3 is 10.2 Å². The number of carbonyl (C=O) groups is 1. The van der Waals surface area contributed by atoms with Gasteiger partial charge in [0.05, 0.1) is 11.5 Å². The molecule has 1 fully saturated rings. The van der Waals surface area contributed by atoms with E-state index < -0.39 is 9.84 Å². The Labute approximate surface area is 140 Å². The van der Waals surface area contributed by atoms with Crippen LogP contribution in [0.1, 0.15) is 12.8 Å². The van der Waals surface area contributed by atoms with Gasteiger partial charge in [0.15, 0.2) is 9.84 Å². The van der Waals surface area contributed by atoms with Gasteiger partial charge >= 0.3 is 0 Å². The van der Waals surface area contributed by atoms with Crippen LogP contribution in [0.15, 0.2) is 18.2 Å². The van der Waals surface area contributed by atoms with Gasteiger partial charge in [0.1, 0.15) is 0 Å². The van der Waals surface area contributed by atoms with E-state index >= 15 is 0 Å². The summed E-state index contributed by atoms with van der Waals surface area (Å²) in [4.78, 5) is 13.9. The maximum atomic E-state index is 11.9. The van der Waals surface area contributed by atoms with Gasteiger partial charge in [-0.15, -0.1) is 0 Å². The van der Waals surface area contributed by atoms with Crippen LogP contribution in [-0.4, -0.2) is 50.4 Å². The third-order valence-corrected chi connectivity index (χ3v) is 5.86. The summed E-state index contributed by atoms with van der Waals surface area (Å²) in [7, 11) is -1.07. The van der Waals surface area contributed by atoms with Crippen molar-refractivity contribution >= 4 is 44.6 Å². The summed E-state index contributed by atoms with van der Waals surface area (Å²) in [5.41, 5.74) is 0.550. The number of benzene rings is 1. The summed E-state index contributed by atoms with van der Waals surface area (Å²) in [6, 6.07) is 4.84. The molecular formula is C14H18Cl2N2O3S. The minimum absolute atomic E-state index is 0.00147. The topological polar surface area (TPSA) is 66.5 Å². The normalized spacial score (nSPS) is 20.3. The van der Waals surface area contributed by atoms with E-state index in [4.69, 9.17) is 23.2 Å². The quantitative estimate of drug-likeness (QED) is 0.871. The van der Waals surface area contributed by atoms with E-state index in [1.54, 1.807) is 18.2 Å². The number of rotatable bonds is 5. The molecule has 1 aromatic rings. The summed E-state index contributed by atoms with van der Waals surface area (Å²) in [6.45, 7) is 0.500. The Kier molecular flexibility index (Phi) is 5.71. The summed E-state index contributed by atoms with van der Waals surface area (Å²) < 4.78 is 22.9. The molecule has 0 radical (unpaired) electrons. The lowest BCUT2D eigenvalue weighted by atomic mass is 10.2. The Morgan fingerprint density at radius 3 is 2.50 bits per heavy atom. The van der Waals surface area contributed by atoms with Crippen molar-refractivity contribution < 1.29 is 13.2 Å². The van der Waals surface area contributed by atoms with Crippen molar-refractivity contribution in [1.82, 2.24) is 4.90 Å². The van der Waals surface area contributed by atoms with Crippen LogP contribution in [-0.2, 0) is 14.6 Å². The van der Waals surface area contributed by atoms with Crippen LogP contribution in [0.3, 0.4) is 0 Å². The molecule has 122 valence electrons. The molecule has 0 aromatic heterocycles. The number of carbonyl (C=O) groups excluding carboxylic acids is 1. The van der Waals surface area contributed by atoms with Gasteiger partial charge in [-0.3, -0.25) is 4.79 Å². The first-order valence-electron chi connectivity index (χ1n) is 6.92. The van der Waals surface area contributed by atoms with Crippen LogP contribution in [0.25, 0.3) is 0 Å². The molecule has 1 heterocycles. The Hall–Kier alpha value is -0.820. The van der Waals surface area contributed by atoms with Crippen molar-refractivity contribution in [2.45, 2.75) is 18.9 Å². The Bertz CT molecular complexity index is 644. The average Bonchev–Trinajstić information content (AvgIpc) is 2.75. The molecule has 1 aliphatic rings. The molecule has 2 rings (SSSR count). The zero-order valence-corrected chi connectivity index (χ0v) is 14.5. The summed E-state index contributed by atoms with van der Waals surface area (Å²) in [5, 5.41) is 3.64. The van der Waals surface area contributed by atoms with Crippen LogP contribution in [0.4, 0.5) is 5.69 Å². The Morgan fingerprint density at radius 2 is 1.95 bits per heavy atom. The predicted octanol–water partition coefficient (Wildman–Crippen LogP) is 2.44. The van der Waals surface area contributed by atoms with Crippen molar-refractivity contribution in [3.05, 3.63) is 28.2 Å².